The Kier molecular flexibility index (Phi) is 7.26. The van der Waals surface area contributed by atoms with Crippen LogP contribution in [0.15, 0.2) is 41.3 Å². The molecule has 0 spiro atoms. The molecular weight excluding hydrogens is 418 g/mol. The van der Waals surface area contributed by atoms with Crippen LogP contribution in [0.3, 0.4) is 0 Å². The lowest BCUT2D eigenvalue weighted by atomic mass is 10.1. The lowest BCUT2D eigenvalue weighted by Crippen LogP contribution is -2.31. The van der Waals surface area contributed by atoms with Crippen molar-refractivity contribution in [2.75, 3.05) is 20.8 Å². The van der Waals surface area contributed by atoms with E-state index in [-0.39, 0.29) is 41.2 Å². The Morgan fingerprint density at radius 3 is 1.90 bits per heavy atom. The van der Waals surface area contributed by atoms with E-state index in [1.807, 2.05) is 13.8 Å². The molecule has 7 nitrogen and oxygen atoms in total. The standard InChI is InChI=1S/C18H16ClNO6S.C2H6/c1-25-14-10-16(27(19,23)24)15(26-2)9-11(14)7-8-20-17(21)12-5-3-4-6-13(12)18(20)22;1-2/h3-6,9-10H,7-8H2,1-2H3;1-2H3. The van der Waals surface area contributed by atoms with Gasteiger partial charge >= 0.3 is 0 Å². The maximum atomic E-state index is 12.4. The number of rotatable bonds is 6. The molecule has 0 radical (unpaired) electrons. The summed E-state index contributed by atoms with van der Waals surface area (Å²) in [5, 5.41) is 0. The van der Waals surface area contributed by atoms with E-state index in [0.717, 1.165) is 4.90 Å². The van der Waals surface area contributed by atoms with Gasteiger partial charge < -0.3 is 9.47 Å². The molecule has 0 bridgehead atoms. The number of hydrogen-bond acceptors (Lipinski definition) is 6. The average Bonchev–Trinajstić information content (AvgIpc) is 2.97. The Balaban J connectivity index is 0.00000145. The van der Waals surface area contributed by atoms with E-state index < -0.39 is 9.05 Å². The molecule has 1 aliphatic rings. The topological polar surface area (TPSA) is 90.0 Å². The highest BCUT2D eigenvalue weighted by Gasteiger charge is 2.34. The summed E-state index contributed by atoms with van der Waals surface area (Å²) < 4.78 is 33.8. The summed E-state index contributed by atoms with van der Waals surface area (Å²) in [6, 6.07) is 9.36. The molecule has 156 valence electrons. The quantitative estimate of drug-likeness (QED) is 0.505. The fourth-order valence-electron chi connectivity index (χ4n) is 2.99. The third-order valence-electron chi connectivity index (χ3n) is 4.31. The number of benzene rings is 2. The van der Waals surface area contributed by atoms with E-state index in [1.165, 1.54) is 26.4 Å². The average molecular weight is 440 g/mol. The van der Waals surface area contributed by atoms with Gasteiger partial charge in [-0.05, 0) is 30.2 Å². The van der Waals surface area contributed by atoms with Crippen molar-refractivity contribution >= 4 is 31.5 Å². The van der Waals surface area contributed by atoms with E-state index >= 15 is 0 Å². The van der Waals surface area contributed by atoms with Crippen LogP contribution in [0.5, 0.6) is 11.5 Å². The van der Waals surface area contributed by atoms with Crippen molar-refractivity contribution in [1.29, 1.82) is 0 Å². The van der Waals surface area contributed by atoms with Crippen LogP contribution in [0.1, 0.15) is 40.1 Å². The van der Waals surface area contributed by atoms with Gasteiger partial charge in [-0.3, -0.25) is 14.5 Å². The zero-order chi connectivity index (χ0) is 21.8. The molecule has 0 atom stereocenters. The molecule has 1 heterocycles. The first-order valence-electron chi connectivity index (χ1n) is 8.92. The normalized spacial score (nSPS) is 12.9. The number of hydrogen-bond donors (Lipinski definition) is 0. The number of nitrogens with zero attached hydrogens (tertiary/aromatic N) is 1. The van der Waals surface area contributed by atoms with E-state index in [2.05, 4.69) is 0 Å². The molecule has 0 N–H and O–H groups in total. The molecular formula is C20H22ClNO6S. The van der Waals surface area contributed by atoms with Gasteiger partial charge in [-0.1, -0.05) is 26.0 Å². The lowest BCUT2D eigenvalue weighted by molar-refractivity contribution is 0.0656. The lowest BCUT2D eigenvalue weighted by Gasteiger charge is -2.17. The van der Waals surface area contributed by atoms with Gasteiger partial charge in [-0.25, -0.2) is 8.42 Å². The van der Waals surface area contributed by atoms with Crippen molar-refractivity contribution in [2.45, 2.75) is 25.2 Å². The molecule has 29 heavy (non-hydrogen) atoms. The highest BCUT2D eigenvalue weighted by molar-refractivity contribution is 8.13. The molecule has 1 aliphatic heterocycles. The Hall–Kier alpha value is -2.58. The van der Waals surface area contributed by atoms with Crippen LogP contribution in [-0.4, -0.2) is 45.9 Å². The van der Waals surface area contributed by atoms with Crippen LogP contribution in [0.4, 0.5) is 0 Å². The number of fused-ring (bicyclic) bond motifs is 1. The number of ether oxygens (including phenoxy) is 2. The van der Waals surface area contributed by atoms with E-state index in [4.69, 9.17) is 20.2 Å². The molecule has 0 saturated heterocycles. The molecule has 3 rings (SSSR count). The Labute approximate surface area is 174 Å². The van der Waals surface area contributed by atoms with E-state index in [0.29, 0.717) is 16.7 Å². The number of halogens is 1. The molecule has 0 saturated carbocycles. The minimum atomic E-state index is -4.03. The van der Waals surface area contributed by atoms with Crippen molar-refractivity contribution in [2.24, 2.45) is 0 Å². The zero-order valence-corrected chi connectivity index (χ0v) is 18.1. The first kappa shape index (κ1) is 22.7. The first-order valence-corrected chi connectivity index (χ1v) is 11.2. The van der Waals surface area contributed by atoms with E-state index in [1.54, 1.807) is 24.3 Å². The number of amides is 2. The number of carbonyl (C=O) groups excluding carboxylic acids is 2. The van der Waals surface area contributed by atoms with Crippen LogP contribution in [-0.2, 0) is 15.5 Å². The maximum absolute atomic E-state index is 12.4. The molecule has 2 aromatic carbocycles. The van der Waals surface area contributed by atoms with Gasteiger partial charge in [-0.2, -0.15) is 0 Å². The Morgan fingerprint density at radius 1 is 0.931 bits per heavy atom. The number of methoxy groups -OCH3 is 2. The minimum Gasteiger partial charge on any atom is -0.496 e. The van der Waals surface area contributed by atoms with Crippen molar-refractivity contribution in [3.8, 4) is 11.5 Å². The van der Waals surface area contributed by atoms with Crippen LogP contribution in [0.25, 0.3) is 0 Å². The maximum Gasteiger partial charge on any atom is 0.265 e. The largest absolute Gasteiger partial charge is 0.496 e. The smallest absolute Gasteiger partial charge is 0.265 e. The van der Waals surface area contributed by atoms with Gasteiger partial charge in [0.25, 0.3) is 20.9 Å². The van der Waals surface area contributed by atoms with Gasteiger partial charge in [0.05, 0.1) is 25.3 Å². The summed E-state index contributed by atoms with van der Waals surface area (Å²) in [5.74, 6) is -0.391. The van der Waals surface area contributed by atoms with Gasteiger partial charge in [0.1, 0.15) is 16.4 Å². The second-order valence-corrected chi connectivity index (χ2v) is 8.34. The summed E-state index contributed by atoms with van der Waals surface area (Å²) in [4.78, 5) is 25.8. The molecule has 2 aromatic rings. The third kappa shape index (κ3) is 4.54. The van der Waals surface area contributed by atoms with Gasteiger partial charge in [-0.15, -0.1) is 0 Å². The molecule has 0 fully saturated rings. The third-order valence-corrected chi connectivity index (χ3v) is 5.66. The summed E-state index contributed by atoms with van der Waals surface area (Å²) in [6.45, 7) is 4.11. The Bertz CT molecular complexity index is 1000. The van der Waals surface area contributed by atoms with Crippen molar-refractivity contribution < 1.29 is 27.5 Å². The van der Waals surface area contributed by atoms with Crippen LogP contribution in [0.2, 0.25) is 0 Å². The van der Waals surface area contributed by atoms with Crippen LogP contribution >= 0.6 is 10.7 Å². The summed E-state index contributed by atoms with van der Waals surface area (Å²) in [6.07, 6.45) is 0.258. The van der Waals surface area contributed by atoms with Crippen molar-refractivity contribution in [3.63, 3.8) is 0 Å². The second kappa shape index (κ2) is 9.28. The SMILES string of the molecule is CC.COc1cc(S(=O)(=O)Cl)c(OC)cc1CCN1C(=O)c2ccccc2C1=O. The predicted octanol–water partition coefficient (Wildman–Crippen LogP) is 3.50. The van der Waals surface area contributed by atoms with Crippen LogP contribution < -0.4 is 9.47 Å². The molecule has 0 unspecified atom stereocenters. The zero-order valence-electron chi connectivity index (χ0n) is 16.6. The van der Waals surface area contributed by atoms with Crippen LogP contribution in [0, 0.1) is 0 Å². The first-order chi connectivity index (χ1) is 13.8. The predicted molar refractivity (Wildman–Crippen MR) is 109 cm³/mol. The molecule has 0 aliphatic carbocycles. The molecule has 9 heteroatoms. The fraction of sp³-hybridized carbons (Fsp3) is 0.300. The molecule has 2 amide bonds. The van der Waals surface area contributed by atoms with Gasteiger partial charge in [0.15, 0.2) is 0 Å². The van der Waals surface area contributed by atoms with E-state index in [9.17, 15) is 18.0 Å². The highest BCUT2D eigenvalue weighted by atomic mass is 35.7. The Morgan fingerprint density at radius 2 is 1.45 bits per heavy atom. The van der Waals surface area contributed by atoms with Gasteiger partial charge in [0, 0.05) is 23.3 Å². The van der Waals surface area contributed by atoms with Gasteiger partial charge in [0.2, 0.25) is 0 Å². The summed E-state index contributed by atoms with van der Waals surface area (Å²) in [5.41, 5.74) is 1.32. The number of carbonyl (C=O) groups is 2. The van der Waals surface area contributed by atoms with Crippen molar-refractivity contribution in [1.82, 2.24) is 4.90 Å². The monoisotopic (exact) mass is 439 g/mol. The minimum absolute atomic E-state index is 0.0585. The molecule has 0 aromatic heterocycles. The fourth-order valence-corrected chi connectivity index (χ4v) is 3.99. The number of imide groups is 1. The second-order valence-electron chi connectivity index (χ2n) is 5.81. The summed E-state index contributed by atoms with van der Waals surface area (Å²) in [7, 11) is 4.11. The van der Waals surface area contributed by atoms with Crippen molar-refractivity contribution in [3.05, 3.63) is 53.1 Å². The summed E-state index contributed by atoms with van der Waals surface area (Å²) >= 11 is 0. The highest BCUT2D eigenvalue weighted by Crippen LogP contribution is 2.34.